The molecule has 1 saturated heterocycles. The second-order valence-electron chi connectivity index (χ2n) is 8.32. The molecule has 0 saturated carbocycles. The Morgan fingerprint density at radius 2 is 1.82 bits per heavy atom. The highest BCUT2D eigenvalue weighted by Crippen LogP contribution is 2.41. The Morgan fingerprint density at radius 3 is 2.53 bits per heavy atom. The third-order valence-corrected chi connectivity index (χ3v) is 7.35. The lowest BCUT2D eigenvalue weighted by molar-refractivity contribution is 0.0888. The fraction of sp³-hybridized carbons (Fsp3) is 0.269. The zero-order chi connectivity index (χ0) is 23.5. The number of halogens is 1. The van der Waals surface area contributed by atoms with E-state index in [1.165, 1.54) is 11.3 Å². The summed E-state index contributed by atoms with van der Waals surface area (Å²) in [6, 6.07) is 19.1. The van der Waals surface area contributed by atoms with Crippen LogP contribution in [0, 0.1) is 0 Å². The summed E-state index contributed by atoms with van der Waals surface area (Å²) in [6.07, 6.45) is 0. The Kier molecular flexibility index (Phi) is 6.99. The van der Waals surface area contributed by atoms with Gasteiger partial charge in [-0.05, 0) is 41.3 Å². The van der Waals surface area contributed by atoms with Crippen LogP contribution >= 0.6 is 22.9 Å². The van der Waals surface area contributed by atoms with Gasteiger partial charge in [-0.2, -0.15) is 0 Å². The first-order valence-corrected chi connectivity index (χ1v) is 12.6. The molecule has 6 nitrogen and oxygen atoms in total. The summed E-state index contributed by atoms with van der Waals surface area (Å²) in [7, 11) is 0. The minimum atomic E-state index is -0.195. The minimum Gasteiger partial charge on any atom is -0.457 e. The molecule has 1 atom stereocenters. The quantitative estimate of drug-likeness (QED) is 0.373. The summed E-state index contributed by atoms with van der Waals surface area (Å²) in [5.74, 6) is 0.564. The zero-order valence-corrected chi connectivity index (χ0v) is 20.2. The zero-order valence-electron chi connectivity index (χ0n) is 18.6. The highest BCUT2D eigenvalue weighted by molar-refractivity contribution is 7.12. The number of thiophene rings is 1. The van der Waals surface area contributed by atoms with E-state index in [9.17, 15) is 9.90 Å². The van der Waals surface area contributed by atoms with Gasteiger partial charge in [0.15, 0.2) is 0 Å². The molecule has 1 aliphatic rings. The van der Waals surface area contributed by atoms with Crippen LogP contribution in [-0.2, 0) is 0 Å². The summed E-state index contributed by atoms with van der Waals surface area (Å²) in [4.78, 5) is 18.3. The van der Waals surface area contributed by atoms with Gasteiger partial charge in [-0.3, -0.25) is 14.6 Å². The lowest BCUT2D eigenvalue weighted by Crippen LogP contribution is -2.48. The highest BCUT2D eigenvalue weighted by Gasteiger charge is 2.32. The van der Waals surface area contributed by atoms with Gasteiger partial charge >= 0.3 is 0 Å². The van der Waals surface area contributed by atoms with E-state index in [1.54, 1.807) is 0 Å². The fourth-order valence-electron chi connectivity index (χ4n) is 4.53. The second-order valence-corrected chi connectivity index (χ2v) is 9.71. The summed E-state index contributed by atoms with van der Waals surface area (Å²) < 4.78 is 6.45. The van der Waals surface area contributed by atoms with E-state index < -0.39 is 0 Å². The van der Waals surface area contributed by atoms with E-state index in [-0.39, 0.29) is 18.6 Å². The Balaban J connectivity index is 1.58. The molecule has 0 aliphatic carbocycles. The van der Waals surface area contributed by atoms with Crippen molar-refractivity contribution in [2.45, 2.75) is 6.04 Å². The number of fused-ring (bicyclic) bond motifs is 1. The highest BCUT2D eigenvalue weighted by atomic mass is 35.5. The largest absolute Gasteiger partial charge is 0.457 e. The molecule has 5 rings (SSSR count). The van der Waals surface area contributed by atoms with Gasteiger partial charge in [0.05, 0.1) is 23.2 Å². The maximum atomic E-state index is 13.1. The van der Waals surface area contributed by atoms with Gasteiger partial charge in [0.1, 0.15) is 11.3 Å². The van der Waals surface area contributed by atoms with Crippen molar-refractivity contribution in [1.29, 1.82) is 0 Å². The third kappa shape index (κ3) is 4.76. The van der Waals surface area contributed by atoms with Crippen molar-refractivity contribution in [2.75, 3.05) is 44.6 Å². The first-order valence-electron chi connectivity index (χ1n) is 11.3. The van der Waals surface area contributed by atoms with E-state index in [4.69, 9.17) is 16.0 Å². The number of rotatable bonds is 7. The molecule has 1 aliphatic heterocycles. The van der Waals surface area contributed by atoms with Crippen molar-refractivity contribution in [3.8, 4) is 0 Å². The number of anilines is 1. The number of benzene rings is 2. The van der Waals surface area contributed by atoms with Gasteiger partial charge in [-0.25, -0.2) is 0 Å². The van der Waals surface area contributed by atoms with Crippen molar-refractivity contribution in [3.63, 3.8) is 0 Å². The number of carbonyl (C=O) groups is 1. The minimum absolute atomic E-state index is 0.148. The van der Waals surface area contributed by atoms with Gasteiger partial charge in [0.2, 0.25) is 0 Å². The number of aliphatic hydroxyl groups excluding tert-OH is 1. The van der Waals surface area contributed by atoms with Crippen LogP contribution in [0.3, 0.4) is 0 Å². The standard InChI is InChI=1S/C26H26ClN3O3S/c27-19-9-7-18(8-10-19)24(30-13-11-29(12-14-30)15-16-31)25-23(20-4-1-2-5-21(20)33-25)28-26(32)22-6-3-17-34-22/h1-10,17,24,31H,11-16H2,(H,28,32). The van der Waals surface area contributed by atoms with Crippen molar-refractivity contribution in [2.24, 2.45) is 0 Å². The molecule has 176 valence electrons. The Labute approximate surface area is 207 Å². The van der Waals surface area contributed by atoms with Gasteiger partial charge in [0, 0.05) is 43.1 Å². The molecule has 8 heteroatoms. The number of hydrogen-bond acceptors (Lipinski definition) is 6. The lowest BCUT2D eigenvalue weighted by atomic mass is 10.00. The molecule has 2 aromatic carbocycles. The first-order chi connectivity index (χ1) is 16.6. The molecule has 4 aromatic rings. The average Bonchev–Trinajstić information content (AvgIpc) is 3.51. The van der Waals surface area contributed by atoms with Crippen LogP contribution in [0.15, 0.2) is 70.5 Å². The van der Waals surface area contributed by atoms with E-state index in [0.717, 1.165) is 42.7 Å². The molecular formula is C26H26ClN3O3S. The summed E-state index contributed by atoms with van der Waals surface area (Å²) in [5.41, 5.74) is 2.48. The van der Waals surface area contributed by atoms with E-state index in [2.05, 4.69) is 15.1 Å². The number of nitrogens with one attached hydrogen (secondary N) is 1. The van der Waals surface area contributed by atoms with Crippen LogP contribution in [0.1, 0.15) is 27.0 Å². The molecule has 0 spiro atoms. The van der Waals surface area contributed by atoms with Crippen molar-refractivity contribution >= 4 is 45.5 Å². The van der Waals surface area contributed by atoms with Gasteiger partial charge in [-0.1, -0.05) is 41.9 Å². The average molecular weight is 496 g/mol. The second kappa shape index (κ2) is 10.3. The molecule has 34 heavy (non-hydrogen) atoms. The van der Waals surface area contributed by atoms with Crippen molar-refractivity contribution in [3.05, 3.63) is 87.3 Å². The predicted octanol–water partition coefficient (Wildman–Crippen LogP) is 5.10. The number of furan rings is 1. The number of carbonyl (C=O) groups excluding carboxylic acids is 1. The number of piperazine rings is 1. The molecule has 2 N–H and O–H groups in total. The third-order valence-electron chi connectivity index (χ3n) is 6.23. The number of β-amino-alcohol motifs (C(OH)–C–C–N with tert-alkyl or cyclic N) is 1. The Bertz CT molecular complexity index is 1250. The summed E-state index contributed by atoms with van der Waals surface area (Å²) in [5, 5.41) is 15.9. The normalized spacial score (nSPS) is 16.1. The topological polar surface area (TPSA) is 69.0 Å². The first kappa shape index (κ1) is 23.1. The number of hydrogen-bond donors (Lipinski definition) is 2. The van der Waals surface area contributed by atoms with Gasteiger partial charge in [0.25, 0.3) is 5.91 Å². The number of aliphatic hydroxyl groups is 1. The van der Waals surface area contributed by atoms with Crippen LogP contribution in [-0.4, -0.2) is 60.1 Å². The fourth-order valence-corrected chi connectivity index (χ4v) is 5.27. The maximum absolute atomic E-state index is 13.1. The predicted molar refractivity (Wildman–Crippen MR) is 137 cm³/mol. The van der Waals surface area contributed by atoms with Crippen molar-refractivity contribution in [1.82, 2.24) is 9.80 Å². The lowest BCUT2D eigenvalue weighted by Gasteiger charge is -2.38. The molecule has 0 bridgehead atoms. The van der Waals surface area contributed by atoms with E-state index >= 15 is 0 Å². The van der Waals surface area contributed by atoms with Crippen LogP contribution in [0.4, 0.5) is 5.69 Å². The van der Waals surface area contributed by atoms with Gasteiger partial charge < -0.3 is 14.8 Å². The Morgan fingerprint density at radius 1 is 1.06 bits per heavy atom. The smallest absolute Gasteiger partial charge is 0.265 e. The molecule has 2 aromatic heterocycles. The molecular weight excluding hydrogens is 470 g/mol. The van der Waals surface area contributed by atoms with E-state index in [1.807, 2.05) is 66.0 Å². The summed E-state index contributed by atoms with van der Waals surface area (Å²) >= 11 is 7.61. The van der Waals surface area contributed by atoms with Crippen LogP contribution in [0.25, 0.3) is 11.0 Å². The molecule has 0 radical (unpaired) electrons. The summed E-state index contributed by atoms with van der Waals surface area (Å²) in [6.45, 7) is 4.14. The van der Waals surface area contributed by atoms with Crippen LogP contribution in [0.5, 0.6) is 0 Å². The maximum Gasteiger partial charge on any atom is 0.265 e. The SMILES string of the molecule is O=C(Nc1c(C(c2ccc(Cl)cc2)N2CCN(CCO)CC2)oc2ccccc12)c1cccs1. The number of nitrogens with zero attached hydrogens (tertiary/aromatic N) is 2. The Hall–Kier alpha value is -2.68. The molecule has 1 fully saturated rings. The van der Waals surface area contributed by atoms with Crippen LogP contribution < -0.4 is 5.32 Å². The molecule has 1 amide bonds. The van der Waals surface area contributed by atoms with Crippen molar-refractivity contribution < 1.29 is 14.3 Å². The molecule has 1 unspecified atom stereocenters. The monoisotopic (exact) mass is 495 g/mol. The van der Waals surface area contributed by atoms with Gasteiger partial charge in [-0.15, -0.1) is 11.3 Å². The van der Waals surface area contributed by atoms with E-state index in [0.29, 0.717) is 27.9 Å². The number of amides is 1. The number of para-hydroxylation sites is 1. The van der Waals surface area contributed by atoms with Crippen LogP contribution in [0.2, 0.25) is 5.02 Å². The molecule has 3 heterocycles.